The zero-order chi connectivity index (χ0) is 6.41. The normalized spacial score (nSPS) is 9.88. The van der Waals surface area contributed by atoms with Gasteiger partial charge in [0.1, 0.15) is 0 Å². The van der Waals surface area contributed by atoms with Gasteiger partial charge in [-0.15, -0.1) is 9.42 Å². The summed E-state index contributed by atoms with van der Waals surface area (Å²) in [6.45, 7) is -0.401. The summed E-state index contributed by atoms with van der Waals surface area (Å²) in [5, 5.41) is 2.83. The molecule has 0 aromatic rings. The van der Waals surface area contributed by atoms with Crippen molar-refractivity contribution in [1.29, 1.82) is 0 Å². The summed E-state index contributed by atoms with van der Waals surface area (Å²) in [6, 6.07) is 0. The van der Waals surface area contributed by atoms with Crippen molar-refractivity contribution in [2.24, 2.45) is 5.11 Å². The number of azide groups is 1. The van der Waals surface area contributed by atoms with Gasteiger partial charge in [-0.3, -0.25) is 0 Å². The van der Waals surface area contributed by atoms with Crippen LogP contribution < -0.4 is 0 Å². The zero-order valence-electron chi connectivity index (χ0n) is 3.76. The van der Waals surface area contributed by atoms with Crippen LogP contribution in [0.1, 0.15) is 0 Å². The van der Waals surface area contributed by atoms with Crippen LogP contribution >= 0.6 is 8.25 Å². The van der Waals surface area contributed by atoms with Gasteiger partial charge in [-0.05, 0) is 5.53 Å². The van der Waals surface area contributed by atoms with Gasteiger partial charge in [0.25, 0.3) is 0 Å². The summed E-state index contributed by atoms with van der Waals surface area (Å²) in [5.41, 5.74) is 7.58. The van der Waals surface area contributed by atoms with Gasteiger partial charge in [0.15, 0.2) is 6.73 Å². The summed E-state index contributed by atoms with van der Waals surface area (Å²) in [4.78, 5) is 10.2. The monoisotopic (exact) mass is 136 g/mol. The average molecular weight is 136 g/mol. The van der Waals surface area contributed by atoms with Crippen LogP contribution in [-0.4, -0.2) is 11.6 Å². The third-order valence-electron chi connectivity index (χ3n) is 0.289. The summed E-state index contributed by atoms with van der Waals surface area (Å²) in [5.74, 6) is 0. The maximum atomic E-state index is 9.62. The van der Waals surface area contributed by atoms with E-state index in [9.17, 15) is 4.57 Å². The standard InChI is InChI=1S/CH2N3O3P/c2-4-3-1-7-8(5)6/h1H2/p+1. The van der Waals surface area contributed by atoms with E-state index in [0.717, 1.165) is 0 Å². The molecule has 0 bridgehead atoms. The van der Waals surface area contributed by atoms with E-state index in [1.54, 1.807) is 0 Å². The largest absolute Gasteiger partial charge is 0.694 e. The van der Waals surface area contributed by atoms with Gasteiger partial charge in [-0.2, -0.15) is 0 Å². The van der Waals surface area contributed by atoms with Crippen LogP contribution in [0.5, 0.6) is 0 Å². The third-order valence-corrected chi connectivity index (χ3v) is 0.626. The van der Waals surface area contributed by atoms with E-state index < -0.39 is 15.0 Å². The van der Waals surface area contributed by atoms with Crippen molar-refractivity contribution in [2.75, 3.05) is 6.73 Å². The minimum atomic E-state index is -2.63. The molecule has 44 valence electrons. The number of hydrogen-bond acceptors (Lipinski definition) is 3. The predicted octanol–water partition coefficient (Wildman–Crippen LogP) is 0.920. The van der Waals surface area contributed by atoms with Crippen LogP contribution in [-0.2, 0) is 9.09 Å². The van der Waals surface area contributed by atoms with Crippen LogP contribution in [0.3, 0.4) is 0 Å². The molecule has 0 radical (unpaired) electrons. The number of rotatable bonds is 3. The Balaban J connectivity index is 3.18. The van der Waals surface area contributed by atoms with Gasteiger partial charge in [0, 0.05) is 9.48 Å². The van der Waals surface area contributed by atoms with Crippen LogP contribution in [0.25, 0.3) is 10.4 Å². The molecule has 0 aromatic carbocycles. The van der Waals surface area contributed by atoms with E-state index in [1.165, 1.54) is 0 Å². The molecule has 0 rings (SSSR count). The maximum absolute atomic E-state index is 9.62. The van der Waals surface area contributed by atoms with Crippen molar-refractivity contribution >= 4 is 8.25 Å². The van der Waals surface area contributed by atoms with Gasteiger partial charge in [-0.25, -0.2) is 0 Å². The van der Waals surface area contributed by atoms with E-state index in [2.05, 4.69) is 14.5 Å². The van der Waals surface area contributed by atoms with Gasteiger partial charge in [-0.1, -0.05) is 5.11 Å². The van der Waals surface area contributed by atoms with Crippen molar-refractivity contribution < 1.29 is 14.0 Å². The lowest BCUT2D eigenvalue weighted by atomic mass is 11.4. The van der Waals surface area contributed by atoms with E-state index in [1.807, 2.05) is 0 Å². The van der Waals surface area contributed by atoms with Crippen molar-refractivity contribution in [3.8, 4) is 0 Å². The fourth-order valence-corrected chi connectivity index (χ4v) is 0.251. The topological polar surface area (TPSA) is 95.3 Å². The molecule has 0 spiro atoms. The first-order valence-corrected chi connectivity index (χ1v) is 2.70. The minimum absolute atomic E-state index is 0.401. The molecule has 0 saturated heterocycles. The Morgan fingerprint density at radius 3 is 3.00 bits per heavy atom. The average Bonchev–Trinajstić information content (AvgIpc) is 1.66. The van der Waals surface area contributed by atoms with Crippen LogP contribution in [0.15, 0.2) is 5.11 Å². The predicted molar refractivity (Wildman–Crippen MR) is 24.9 cm³/mol. The Bertz CT molecular complexity index is 126. The highest BCUT2D eigenvalue weighted by molar-refractivity contribution is 7.32. The molecule has 0 aliphatic carbocycles. The van der Waals surface area contributed by atoms with Gasteiger partial charge in [0.2, 0.25) is 0 Å². The van der Waals surface area contributed by atoms with Gasteiger partial charge >= 0.3 is 8.25 Å². The summed E-state index contributed by atoms with van der Waals surface area (Å²) in [7, 11) is -2.63. The molecule has 1 N–H and O–H groups in total. The molecule has 0 heterocycles. The Kier molecular flexibility index (Phi) is 4.11. The molecule has 1 unspecified atom stereocenters. The molecule has 6 nitrogen and oxygen atoms in total. The van der Waals surface area contributed by atoms with Crippen molar-refractivity contribution in [2.45, 2.75) is 0 Å². The first-order chi connectivity index (χ1) is 3.77. The minimum Gasteiger partial charge on any atom is -0.133 e. The van der Waals surface area contributed by atoms with E-state index in [4.69, 9.17) is 10.4 Å². The summed E-state index contributed by atoms with van der Waals surface area (Å²) >= 11 is 0. The van der Waals surface area contributed by atoms with Crippen molar-refractivity contribution in [3.63, 3.8) is 0 Å². The van der Waals surface area contributed by atoms with E-state index >= 15 is 0 Å². The zero-order valence-corrected chi connectivity index (χ0v) is 4.65. The first-order valence-electron chi connectivity index (χ1n) is 1.57. The lowest BCUT2D eigenvalue weighted by molar-refractivity contribution is 0.290. The lowest BCUT2D eigenvalue weighted by Crippen LogP contribution is -1.75. The Hall–Kier alpha value is -0.670. The van der Waals surface area contributed by atoms with Crippen LogP contribution in [0, 0.1) is 0 Å². The highest BCUT2D eigenvalue weighted by Crippen LogP contribution is 2.12. The molecule has 7 heteroatoms. The number of hydrogen-bond donors (Lipinski definition) is 1. The summed E-state index contributed by atoms with van der Waals surface area (Å²) < 4.78 is 13.5. The molecule has 0 aliphatic rings. The SMILES string of the molecule is [N-]=[N+]=NCO[P+](=O)O. The molecular formula is CH3N3O3P+. The molecule has 8 heavy (non-hydrogen) atoms. The van der Waals surface area contributed by atoms with Crippen molar-refractivity contribution in [1.82, 2.24) is 0 Å². The third kappa shape index (κ3) is 5.33. The maximum Gasteiger partial charge on any atom is 0.694 e. The highest BCUT2D eigenvalue weighted by Gasteiger charge is 2.08. The molecule has 0 amide bonds. The van der Waals surface area contributed by atoms with Gasteiger partial charge in [0.05, 0.1) is 0 Å². The fraction of sp³-hybridized carbons (Fsp3) is 1.00. The first kappa shape index (κ1) is 7.33. The van der Waals surface area contributed by atoms with E-state index in [0.29, 0.717) is 0 Å². The lowest BCUT2D eigenvalue weighted by Gasteiger charge is -1.70. The Labute approximate surface area is 45.7 Å². The Morgan fingerprint density at radius 2 is 2.62 bits per heavy atom. The second kappa shape index (κ2) is 4.49. The second-order valence-electron chi connectivity index (χ2n) is 0.727. The quantitative estimate of drug-likeness (QED) is 0.270. The van der Waals surface area contributed by atoms with Crippen LogP contribution in [0.2, 0.25) is 0 Å². The molecule has 0 aromatic heterocycles. The van der Waals surface area contributed by atoms with Crippen molar-refractivity contribution in [3.05, 3.63) is 10.4 Å². The molecule has 0 saturated carbocycles. The molecule has 0 fully saturated rings. The number of nitrogens with zero attached hydrogens (tertiary/aromatic N) is 3. The summed E-state index contributed by atoms with van der Waals surface area (Å²) in [6.07, 6.45) is 0. The van der Waals surface area contributed by atoms with Crippen LogP contribution in [0.4, 0.5) is 0 Å². The molecule has 1 atom stereocenters. The smallest absolute Gasteiger partial charge is 0.133 e. The molecule has 0 aliphatic heterocycles. The molecular weight excluding hydrogens is 133 g/mol. The Morgan fingerprint density at radius 1 is 2.00 bits per heavy atom. The van der Waals surface area contributed by atoms with E-state index in [-0.39, 0.29) is 0 Å². The fourth-order valence-electron chi connectivity index (χ4n) is 0.101. The second-order valence-corrected chi connectivity index (χ2v) is 1.46. The van der Waals surface area contributed by atoms with Gasteiger partial charge < -0.3 is 0 Å². The highest BCUT2D eigenvalue weighted by atomic mass is 31.1.